The Kier molecular flexibility index (Phi) is 8.53. The van der Waals surface area contributed by atoms with Crippen LogP contribution < -0.4 is 24.4 Å². The molecule has 1 aliphatic heterocycles. The number of methoxy groups -OCH3 is 1. The second-order valence-electron chi connectivity index (χ2n) is 10.1. The number of nitro groups is 1. The Balaban J connectivity index is 1.61. The third-order valence-electron chi connectivity index (χ3n) is 6.73. The minimum atomic E-state index is -0.849. The van der Waals surface area contributed by atoms with E-state index in [0.717, 1.165) is 5.56 Å². The molecule has 3 aromatic carbocycles. The minimum absolute atomic E-state index is 0.0484. The lowest BCUT2D eigenvalue weighted by molar-refractivity contribution is -0.384. The first-order chi connectivity index (χ1) is 20.7. The summed E-state index contributed by atoms with van der Waals surface area (Å²) in [5.74, 6) is 0.370. The van der Waals surface area contributed by atoms with Gasteiger partial charge in [0.25, 0.3) is 11.2 Å². The number of non-ortho nitro benzene ring substituents is 1. The van der Waals surface area contributed by atoms with E-state index >= 15 is 0 Å². The Bertz CT molecular complexity index is 1890. The summed E-state index contributed by atoms with van der Waals surface area (Å²) < 4.78 is 19.1. The molecular weight excluding hydrogens is 570 g/mol. The van der Waals surface area contributed by atoms with Gasteiger partial charge in [0, 0.05) is 12.1 Å². The lowest BCUT2D eigenvalue weighted by atomic mass is 9.95. The van der Waals surface area contributed by atoms with Crippen LogP contribution in [0.2, 0.25) is 0 Å². The number of nitrogens with zero attached hydrogens (tertiary/aromatic N) is 3. The summed E-state index contributed by atoms with van der Waals surface area (Å²) in [6, 6.07) is 20.1. The number of ether oxygens (including phenoxy) is 3. The summed E-state index contributed by atoms with van der Waals surface area (Å²) in [7, 11) is 1.53. The van der Waals surface area contributed by atoms with Gasteiger partial charge in [0.15, 0.2) is 16.3 Å². The molecule has 0 saturated carbocycles. The molecule has 0 N–H and O–H groups in total. The maximum Gasteiger partial charge on any atom is 0.338 e. The number of hydrogen-bond acceptors (Lipinski definition) is 9. The first kappa shape index (κ1) is 29.5. The van der Waals surface area contributed by atoms with Gasteiger partial charge < -0.3 is 14.2 Å². The highest BCUT2D eigenvalue weighted by Crippen LogP contribution is 2.36. The van der Waals surface area contributed by atoms with Crippen molar-refractivity contribution in [3.63, 3.8) is 0 Å². The van der Waals surface area contributed by atoms with Gasteiger partial charge in [-0.3, -0.25) is 19.5 Å². The monoisotopic (exact) mass is 599 g/mol. The lowest BCUT2D eigenvalue weighted by Crippen LogP contribution is -2.40. The molecule has 1 unspecified atom stereocenters. The van der Waals surface area contributed by atoms with Crippen LogP contribution in [-0.4, -0.2) is 28.7 Å². The molecule has 5 rings (SSSR count). The van der Waals surface area contributed by atoms with Crippen LogP contribution in [0.4, 0.5) is 5.69 Å². The van der Waals surface area contributed by atoms with E-state index in [1.165, 1.54) is 35.1 Å². The smallest absolute Gasteiger partial charge is 0.338 e. The van der Waals surface area contributed by atoms with Crippen molar-refractivity contribution in [2.24, 2.45) is 4.99 Å². The highest BCUT2D eigenvalue weighted by atomic mass is 32.1. The van der Waals surface area contributed by atoms with Crippen LogP contribution in [0.25, 0.3) is 6.08 Å². The zero-order chi connectivity index (χ0) is 30.7. The molecule has 1 atom stereocenters. The van der Waals surface area contributed by atoms with Gasteiger partial charge in [-0.15, -0.1) is 0 Å². The Morgan fingerprint density at radius 1 is 1.09 bits per heavy atom. The van der Waals surface area contributed by atoms with Gasteiger partial charge in [-0.1, -0.05) is 47.7 Å². The third kappa shape index (κ3) is 6.26. The highest BCUT2D eigenvalue weighted by Gasteiger charge is 2.34. The molecule has 43 heavy (non-hydrogen) atoms. The topological polar surface area (TPSA) is 122 Å². The van der Waals surface area contributed by atoms with E-state index in [1.807, 2.05) is 30.3 Å². The number of allylic oxidation sites excluding steroid dienone is 1. The summed E-state index contributed by atoms with van der Waals surface area (Å²) in [4.78, 5) is 42.9. The number of carbonyl (C=O) groups is 1. The van der Waals surface area contributed by atoms with Crippen LogP contribution >= 0.6 is 11.3 Å². The van der Waals surface area contributed by atoms with Crippen molar-refractivity contribution >= 4 is 29.1 Å². The Hall–Kier alpha value is -5.03. The molecule has 0 aliphatic carbocycles. The molecule has 0 radical (unpaired) electrons. The van der Waals surface area contributed by atoms with Gasteiger partial charge in [-0.05, 0) is 67.8 Å². The fourth-order valence-electron chi connectivity index (χ4n) is 4.73. The number of aromatic nitrogens is 1. The summed E-state index contributed by atoms with van der Waals surface area (Å²) in [6.07, 6.45) is 1.26. The van der Waals surface area contributed by atoms with Crippen molar-refractivity contribution < 1.29 is 23.9 Å². The number of carbonyl (C=O) groups excluding carboxylic acids is 1. The van der Waals surface area contributed by atoms with Crippen LogP contribution in [0, 0.1) is 10.1 Å². The number of benzene rings is 3. The summed E-state index contributed by atoms with van der Waals surface area (Å²) >= 11 is 1.17. The molecule has 1 aromatic heterocycles. The van der Waals surface area contributed by atoms with E-state index in [4.69, 9.17) is 14.2 Å². The van der Waals surface area contributed by atoms with Gasteiger partial charge in [-0.25, -0.2) is 9.79 Å². The average molecular weight is 600 g/mol. The Morgan fingerprint density at radius 3 is 2.47 bits per heavy atom. The molecular formula is C32H29N3O7S. The van der Waals surface area contributed by atoms with Crippen LogP contribution in [0.5, 0.6) is 11.5 Å². The average Bonchev–Trinajstić information content (AvgIpc) is 3.29. The van der Waals surface area contributed by atoms with E-state index < -0.39 is 16.9 Å². The normalized spacial score (nSPS) is 14.7. The molecule has 0 spiro atoms. The molecule has 10 nitrogen and oxygen atoms in total. The fourth-order valence-corrected chi connectivity index (χ4v) is 5.77. The van der Waals surface area contributed by atoms with Gasteiger partial charge in [0.2, 0.25) is 0 Å². The number of rotatable bonds is 9. The Morgan fingerprint density at radius 2 is 1.81 bits per heavy atom. The van der Waals surface area contributed by atoms with E-state index in [1.54, 1.807) is 57.2 Å². The molecule has 11 heteroatoms. The quantitative estimate of drug-likeness (QED) is 0.156. The first-order valence-electron chi connectivity index (χ1n) is 13.5. The van der Waals surface area contributed by atoms with Crippen LogP contribution in [-0.2, 0) is 16.1 Å². The Labute approximate surface area is 251 Å². The number of hydrogen-bond donors (Lipinski definition) is 0. The lowest BCUT2D eigenvalue weighted by Gasteiger charge is -2.26. The molecule has 4 aromatic rings. The molecule has 1 aliphatic rings. The summed E-state index contributed by atoms with van der Waals surface area (Å²) in [5, 5.41) is 11.1. The number of fused-ring (bicyclic) bond motifs is 1. The standard InChI is InChI=1S/C32H29N3O7S/c1-19(2)42-31(37)28-20(3)33-32-34(30(36)27(43-32)16-21-10-13-24(14-11-21)35(38)39)29(28)23-12-15-25(26(17-23)40-4)41-18-22-8-6-5-7-9-22/h5-17,19,29H,18H2,1-4H3/b27-16-. The largest absolute Gasteiger partial charge is 0.493 e. The van der Waals surface area contributed by atoms with Gasteiger partial charge >= 0.3 is 5.97 Å². The van der Waals surface area contributed by atoms with Crippen LogP contribution in [0.1, 0.15) is 43.5 Å². The predicted molar refractivity (Wildman–Crippen MR) is 162 cm³/mol. The molecule has 2 heterocycles. The van der Waals surface area contributed by atoms with Crippen LogP contribution in [0.3, 0.4) is 0 Å². The molecule has 220 valence electrons. The second kappa shape index (κ2) is 12.5. The molecule has 0 bridgehead atoms. The van der Waals surface area contributed by atoms with E-state index in [0.29, 0.717) is 44.3 Å². The van der Waals surface area contributed by atoms with Crippen molar-refractivity contribution in [1.82, 2.24) is 4.57 Å². The first-order valence-corrected chi connectivity index (χ1v) is 14.3. The molecule has 0 amide bonds. The van der Waals surface area contributed by atoms with Crippen molar-refractivity contribution in [1.29, 1.82) is 0 Å². The SMILES string of the molecule is COc1cc(C2C(C(=O)OC(C)C)=C(C)N=c3s/c(=C\c4ccc([N+](=O)[O-])cc4)c(=O)n32)ccc1OCc1ccccc1. The van der Waals surface area contributed by atoms with Crippen LogP contribution in [0.15, 0.2) is 93.9 Å². The fraction of sp³-hybridized carbons (Fsp3) is 0.219. The van der Waals surface area contributed by atoms with Gasteiger partial charge in [0.1, 0.15) is 6.61 Å². The highest BCUT2D eigenvalue weighted by molar-refractivity contribution is 7.07. The number of thiazole rings is 1. The maximum absolute atomic E-state index is 13.9. The van der Waals surface area contributed by atoms with E-state index in [-0.39, 0.29) is 22.9 Å². The zero-order valence-corrected chi connectivity index (χ0v) is 24.8. The van der Waals surface area contributed by atoms with Crippen molar-refractivity contribution in [3.8, 4) is 11.5 Å². The maximum atomic E-state index is 13.9. The van der Waals surface area contributed by atoms with Crippen molar-refractivity contribution in [3.05, 3.63) is 131 Å². The van der Waals surface area contributed by atoms with E-state index in [2.05, 4.69) is 4.99 Å². The minimum Gasteiger partial charge on any atom is -0.493 e. The molecule has 0 saturated heterocycles. The number of nitro benzene ring substituents is 1. The van der Waals surface area contributed by atoms with Gasteiger partial charge in [-0.2, -0.15) is 0 Å². The number of esters is 1. The van der Waals surface area contributed by atoms with E-state index in [9.17, 15) is 19.7 Å². The van der Waals surface area contributed by atoms with Gasteiger partial charge in [0.05, 0.1) is 40.0 Å². The zero-order valence-electron chi connectivity index (χ0n) is 24.0. The summed E-state index contributed by atoms with van der Waals surface area (Å²) in [5.41, 5.74) is 2.47. The summed E-state index contributed by atoms with van der Waals surface area (Å²) in [6.45, 7) is 5.56. The molecule has 0 fully saturated rings. The third-order valence-corrected chi connectivity index (χ3v) is 7.71. The second-order valence-corrected chi connectivity index (χ2v) is 11.1. The van der Waals surface area contributed by atoms with Crippen molar-refractivity contribution in [2.75, 3.05) is 7.11 Å². The van der Waals surface area contributed by atoms with Crippen molar-refractivity contribution in [2.45, 2.75) is 39.5 Å². The predicted octanol–water partition coefficient (Wildman–Crippen LogP) is 4.68.